The number of nitrogen functional groups attached to an aromatic ring is 1. The molecule has 0 aliphatic heterocycles. The molecular formula is C18H26N6O2S. The summed E-state index contributed by atoms with van der Waals surface area (Å²) in [4.78, 5) is 30.7. The second-order valence-electron chi connectivity index (χ2n) is 6.37. The van der Waals surface area contributed by atoms with Gasteiger partial charge in [0.05, 0.1) is 5.75 Å². The smallest absolute Gasteiger partial charge is 0.244 e. The van der Waals surface area contributed by atoms with Crippen LogP contribution >= 0.6 is 11.8 Å². The Hall–Kier alpha value is -2.55. The molecule has 1 heterocycles. The van der Waals surface area contributed by atoms with E-state index in [9.17, 15) is 9.59 Å². The van der Waals surface area contributed by atoms with Crippen LogP contribution in [0, 0.1) is 13.8 Å². The van der Waals surface area contributed by atoms with Gasteiger partial charge in [0.15, 0.2) is 0 Å². The van der Waals surface area contributed by atoms with Crippen LogP contribution in [0.5, 0.6) is 0 Å². The summed E-state index contributed by atoms with van der Waals surface area (Å²) >= 11 is 1.18. The lowest BCUT2D eigenvalue weighted by atomic mass is 10.1. The van der Waals surface area contributed by atoms with E-state index in [0.29, 0.717) is 5.16 Å². The maximum absolute atomic E-state index is 12.7. The van der Waals surface area contributed by atoms with Gasteiger partial charge in [0.25, 0.3) is 0 Å². The van der Waals surface area contributed by atoms with Crippen LogP contribution < -0.4 is 11.1 Å². The average molecular weight is 391 g/mol. The number of aromatic nitrogens is 3. The van der Waals surface area contributed by atoms with Crippen LogP contribution in [0.3, 0.4) is 0 Å². The van der Waals surface area contributed by atoms with E-state index in [4.69, 9.17) is 5.73 Å². The molecule has 1 aromatic heterocycles. The molecule has 0 saturated heterocycles. The number of nitrogens with one attached hydrogen (secondary N) is 2. The lowest BCUT2D eigenvalue weighted by Crippen LogP contribution is -2.44. The molecule has 1 unspecified atom stereocenters. The number of H-pyrrole nitrogens is 1. The molecule has 27 heavy (non-hydrogen) atoms. The number of aryl methyl sites for hydroxylation is 1. The van der Waals surface area contributed by atoms with E-state index in [-0.39, 0.29) is 36.1 Å². The Morgan fingerprint density at radius 3 is 2.74 bits per heavy atom. The predicted molar refractivity (Wildman–Crippen MR) is 108 cm³/mol. The molecule has 1 atom stereocenters. The molecule has 2 rings (SSSR count). The number of hydrogen-bond donors (Lipinski definition) is 3. The van der Waals surface area contributed by atoms with E-state index in [0.717, 1.165) is 23.2 Å². The van der Waals surface area contributed by atoms with Gasteiger partial charge in [-0.3, -0.25) is 9.59 Å². The van der Waals surface area contributed by atoms with Crippen LogP contribution in [-0.4, -0.2) is 50.2 Å². The zero-order chi connectivity index (χ0) is 20.0. The van der Waals surface area contributed by atoms with Crippen molar-refractivity contribution >= 4 is 35.2 Å². The van der Waals surface area contributed by atoms with Crippen molar-refractivity contribution in [1.29, 1.82) is 0 Å². The molecule has 2 amide bonds. The Balaban J connectivity index is 2.01. The number of nitrogens with zero attached hydrogens (tertiary/aromatic N) is 3. The molecule has 146 valence electrons. The summed E-state index contributed by atoms with van der Waals surface area (Å²) in [6, 6.07) is 5.70. The van der Waals surface area contributed by atoms with Crippen LogP contribution in [0.25, 0.3) is 0 Å². The second-order valence-corrected chi connectivity index (χ2v) is 7.31. The highest BCUT2D eigenvalue weighted by Gasteiger charge is 2.22. The van der Waals surface area contributed by atoms with Crippen molar-refractivity contribution in [1.82, 2.24) is 20.1 Å². The van der Waals surface area contributed by atoms with Crippen LogP contribution in [0.2, 0.25) is 0 Å². The number of anilines is 2. The predicted octanol–water partition coefficient (Wildman–Crippen LogP) is 2.36. The standard InChI is InChI=1S/C18H26N6O2S/c1-5-12(3)24(16(26)10-27-18-21-17(19)22-23-18)9-15(25)20-14-8-6-7-11(2)13(14)4/h6-8,12H,5,9-10H2,1-4H3,(H,20,25)(H3,19,21,22,23). The zero-order valence-corrected chi connectivity index (χ0v) is 16.9. The first kappa shape index (κ1) is 20.8. The van der Waals surface area contributed by atoms with Crippen LogP contribution in [0.1, 0.15) is 31.4 Å². The Bertz CT molecular complexity index is 807. The Morgan fingerprint density at radius 1 is 1.37 bits per heavy atom. The zero-order valence-electron chi connectivity index (χ0n) is 16.1. The Labute approximate surface area is 163 Å². The summed E-state index contributed by atoms with van der Waals surface area (Å²) in [6.07, 6.45) is 0.751. The highest BCUT2D eigenvalue weighted by atomic mass is 32.2. The van der Waals surface area contributed by atoms with Crippen molar-refractivity contribution in [3.63, 3.8) is 0 Å². The van der Waals surface area contributed by atoms with Gasteiger partial charge < -0.3 is 16.0 Å². The van der Waals surface area contributed by atoms with Crippen LogP contribution in [0.4, 0.5) is 11.6 Å². The van der Waals surface area contributed by atoms with Gasteiger partial charge in [0.2, 0.25) is 22.9 Å². The molecular weight excluding hydrogens is 364 g/mol. The lowest BCUT2D eigenvalue weighted by Gasteiger charge is -2.28. The fourth-order valence-electron chi connectivity index (χ4n) is 2.47. The molecule has 0 aliphatic rings. The van der Waals surface area contributed by atoms with Crippen molar-refractivity contribution in [2.24, 2.45) is 0 Å². The number of amides is 2. The normalized spacial score (nSPS) is 11.9. The minimum absolute atomic E-state index is 0.00207. The Kier molecular flexibility index (Phi) is 7.23. The SMILES string of the molecule is CCC(C)N(CC(=O)Nc1cccc(C)c1C)C(=O)CSc1n[nH]c(N)n1. The van der Waals surface area contributed by atoms with Crippen molar-refractivity contribution in [2.75, 3.05) is 23.3 Å². The number of aromatic amines is 1. The molecule has 0 radical (unpaired) electrons. The van der Waals surface area contributed by atoms with Gasteiger partial charge >= 0.3 is 0 Å². The summed E-state index contributed by atoms with van der Waals surface area (Å²) < 4.78 is 0. The number of rotatable bonds is 8. The molecule has 0 aliphatic carbocycles. The highest BCUT2D eigenvalue weighted by molar-refractivity contribution is 7.99. The van der Waals surface area contributed by atoms with E-state index >= 15 is 0 Å². The molecule has 0 spiro atoms. The number of thioether (sulfide) groups is 1. The monoisotopic (exact) mass is 390 g/mol. The molecule has 9 heteroatoms. The van der Waals surface area contributed by atoms with E-state index in [2.05, 4.69) is 20.5 Å². The Morgan fingerprint density at radius 2 is 2.11 bits per heavy atom. The number of carbonyl (C=O) groups is 2. The van der Waals surface area contributed by atoms with Crippen LogP contribution in [0.15, 0.2) is 23.4 Å². The molecule has 8 nitrogen and oxygen atoms in total. The third-order valence-electron chi connectivity index (χ3n) is 4.44. The first-order valence-corrected chi connectivity index (χ1v) is 9.76. The fourth-order valence-corrected chi connectivity index (χ4v) is 3.16. The fraction of sp³-hybridized carbons (Fsp3) is 0.444. The van der Waals surface area contributed by atoms with Crippen molar-refractivity contribution in [2.45, 2.75) is 45.3 Å². The van der Waals surface area contributed by atoms with Crippen molar-refractivity contribution in [3.05, 3.63) is 29.3 Å². The summed E-state index contributed by atoms with van der Waals surface area (Å²) in [6.45, 7) is 7.86. The molecule has 0 fully saturated rings. The van der Waals surface area contributed by atoms with Gasteiger partial charge in [-0.15, -0.1) is 5.10 Å². The first-order valence-electron chi connectivity index (χ1n) is 8.78. The summed E-state index contributed by atoms with van der Waals surface area (Å²) in [5, 5.41) is 9.74. The van der Waals surface area contributed by atoms with Crippen molar-refractivity contribution < 1.29 is 9.59 Å². The third kappa shape index (κ3) is 5.72. The van der Waals surface area contributed by atoms with Gasteiger partial charge in [-0.25, -0.2) is 5.10 Å². The van der Waals surface area contributed by atoms with Gasteiger partial charge in [-0.05, 0) is 44.4 Å². The highest BCUT2D eigenvalue weighted by Crippen LogP contribution is 2.19. The maximum Gasteiger partial charge on any atom is 0.244 e. The van der Waals surface area contributed by atoms with Gasteiger partial charge in [-0.2, -0.15) is 4.98 Å². The van der Waals surface area contributed by atoms with E-state index < -0.39 is 0 Å². The largest absolute Gasteiger partial charge is 0.368 e. The third-order valence-corrected chi connectivity index (χ3v) is 5.27. The topological polar surface area (TPSA) is 117 Å². The number of nitrogens with two attached hydrogens (primary N) is 1. The maximum atomic E-state index is 12.7. The summed E-state index contributed by atoms with van der Waals surface area (Å²) in [7, 11) is 0. The molecule has 1 aromatic carbocycles. The van der Waals surface area contributed by atoms with Gasteiger partial charge in [0, 0.05) is 11.7 Å². The molecule has 4 N–H and O–H groups in total. The summed E-state index contributed by atoms with van der Waals surface area (Å²) in [5.74, 6) is -0.0202. The first-order chi connectivity index (χ1) is 12.8. The van der Waals surface area contributed by atoms with E-state index in [1.54, 1.807) is 4.90 Å². The minimum atomic E-state index is -0.218. The van der Waals surface area contributed by atoms with Crippen molar-refractivity contribution in [3.8, 4) is 0 Å². The second kappa shape index (κ2) is 9.40. The molecule has 0 saturated carbocycles. The summed E-state index contributed by atoms with van der Waals surface area (Å²) in [5.41, 5.74) is 8.37. The number of carbonyl (C=O) groups excluding carboxylic acids is 2. The lowest BCUT2D eigenvalue weighted by molar-refractivity contribution is -0.134. The molecule has 2 aromatic rings. The van der Waals surface area contributed by atoms with E-state index in [1.807, 2.05) is 45.9 Å². The number of benzene rings is 1. The molecule has 0 bridgehead atoms. The number of hydrogen-bond acceptors (Lipinski definition) is 6. The van der Waals surface area contributed by atoms with Gasteiger partial charge in [0.1, 0.15) is 6.54 Å². The van der Waals surface area contributed by atoms with E-state index in [1.165, 1.54) is 11.8 Å². The minimum Gasteiger partial charge on any atom is -0.368 e. The average Bonchev–Trinajstić information content (AvgIpc) is 3.06. The van der Waals surface area contributed by atoms with Crippen LogP contribution in [-0.2, 0) is 9.59 Å². The quantitative estimate of drug-likeness (QED) is 0.596. The van der Waals surface area contributed by atoms with Gasteiger partial charge in [-0.1, -0.05) is 30.8 Å².